The SMILES string of the molecule is CCCCCCCCCCCCOCC(C)OC(=O)C1CC1. The van der Waals surface area contributed by atoms with Crippen LogP contribution in [0.4, 0.5) is 0 Å². The molecule has 0 N–H and O–H groups in total. The number of carbonyl (C=O) groups excluding carboxylic acids is 1. The lowest BCUT2D eigenvalue weighted by Gasteiger charge is -2.13. The third-order valence-electron chi connectivity index (χ3n) is 4.22. The van der Waals surface area contributed by atoms with Gasteiger partial charge in [0.05, 0.1) is 12.5 Å². The van der Waals surface area contributed by atoms with Gasteiger partial charge >= 0.3 is 5.97 Å². The first-order valence-electron chi connectivity index (χ1n) is 9.52. The van der Waals surface area contributed by atoms with Gasteiger partial charge in [0, 0.05) is 6.61 Å². The highest BCUT2D eigenvalue weighted by Gasteiger charge is 2.32. The third kappa shape index (κ3) is 11.1. The Morgan fingerprint density at radius 2 is 1.50 bits per heavy atom. The van der Waals surface area contributed by atoms with Crippen LogP contribution in [0.2, 0.25) is 0 Å². The van der Waals surface area contributed by atoms with Gasteiger partial charge in [0.1, 0.15) is 6.10 Å². The van der Waals surface area contributed by atoms with Crippen LogP contribution in [0.3, 0.4) is 0 Å². The van der Waals surface area contributed by atoms with Gasteiger partial charge in [-0.1, -0.05) is 64.7 Å². The van der Waals surface area contributed by atoms with Crippen LogP contribution in [0.25, 0.3) is 0 Å². The molecule has 22 heavy (non-hydrogen) atoms. The Morgan fingerprint density at radius 1 is 0.955 bits per heavy atom. The topological polar surface area (TPSA) is 35.5 Å². The summed E-state index contributed by atoms with van der Waals surface area (Å²) >= 11 is 0. The summed E-state index contributed by atoms with van der Waals surface area (Å²) in [4.78, 5) is 11.5. The summed E-state index contributed by atoms with van der Waals surface area (Å²) in [6, 6.07) is 0. The fraction of sp³-hybridized carbons (Fsp3) is 0.947. The number of esters is 1. The fourth-order valence-electron chi connectivity index (χ4n) is 2.59. The van der Waals surface area contributed by atoms with E-state index >= 15 is 0 Å². The van der Waals surface area contributed by atoms with Crippen LogP contribution in [-0.4, -0.2) is 25.3 Å². The molecular weight excluding hydrogens is 276 g/mol. The molecule has 1 atom stereocenters. The second-order valence-corrected chi connectivity index (χ2v) is 6.78. The van der Waals surface area contributed by atoms with Gasteiger partial charge in [-0.25, -0.2) is 0 Å². The molecule has 0 saturated heterocycles. The van der Waals surface area contributed by atoms with E-state index in [1.165, 1.54) is 57.8 Å². The molecule has 0 aliphatic heterocycles. The van der Waals surface area contributed by atoms with Crippen LogP contribution in [0.15, 0.2) is 0 Å². The average Bonchev–Trinajstić information content (AvgIpc) is 3.33. The summed E-state index contributed by atoms with van der Waals surface area (Å²) in [5.41, 5.74) is 0. The first kappa shape index (κ1) is 19.5. The predicted octanol–water partition coefficient (Wildman–Crippen LogP) is 5.27. The van der Waals surface area contributed by atoms with Crippen molar-refractivity contribution in [3.05, 3.63) is 0 Å². The maximum absolute atomic E-state index is 11.5. The summed E-state index contributed by atoms with van der Waals surface area (Å²) < 4.78 is 10.9. The van der Waals surface area contributed by atoms with Crippen LogP contribution in [-0.2, 0) is 14.3 Å². The van der Waals surface area contributed by atoms with E-state index in [0.717, 1.165) is 25.9 Å². The van der Waals surface area contributed by atoms with E-state index in [2.05, 4.69) is 6.92 Å². The van der Waals surface area contributed by atoms with Crippen LogP contribution in [0, 0.1) is 5.92 Å². The van der Waals surface area contributed by atoms with Crippen molar-refractivity contribution in [2.45, 2.75) is 97.0 Å². The Morgan fingerprint density at radius 3 is 2.05 bits per heavy atom. The monoisotopic (exact) mass is 312 g/mol. The smallest absolute Gasteiger partial charge is 0.309 e. The fourth-order valence-corrected chi connectivity index (χ4v) is 2.59. The maximum Gasteiger partial charge on any atom is 0.309 e. The first-order valence-corrected chi connectivity index (χ1v) is 9.52. The molecule has 3 nitrogen and oxygen atoms in total. The molecule has 1 aliphatic carbocycles. The van der Waals surface area contributed by atoms with Crippen LogP contribution in [0.1, 0.15) is 90.9 Å². The number of unbranched alkanes of at least 4 members (excludes halogenated alkanes) is 9. The van der Waals surface area contributed by atoms with Gasteiger partial charge in [-0.2, -0.15) is 0 Å². The molecular formula is C19H36O3. The van der Waals surface area contributed by atoms with Crippen molar-refractivity contribution in [3.63, 3.8) is 0 Å². The van der Waals surface area contributed by atoms with Crippen molar-refractivity contribution in [2.24, 2.45) is 5.92 Å². The lowest BCUT2D eigenvalue weighted by atomic mass is 10.1. The van der Waals surface area contributed by atoms with Crippen molar-refractivity contribution in [1.29, 1.82) is 0 Å². The lowest BCUT2D eigenvalue weighted by molar-refractivity contribution is -0.152. The minimum absolute atomic E-state index is 0.0324. The normalized spacial score (nSPS) is 15.7. The maximum atomic E-state index is 11.5. The molecule has 0 heterocycles. The van der Waals surface area contributed by atoms with E-state index in [0.29, 0.717) is 6.61 Å². The molecule has 0 bridgehead atoms. The van der Waals surface area contributed by atoms with Crippen molar-refractivity contribution < 1.29 is 14.3 Å². The third-order valence-corrected chi connectivity index (χ3v) is 4.22. The molecule has 0 spiro atoms. The lowest BCUT2D eigenvalue weighted by Crippen LogP contribution is -2.21. The number of hydrogen-bond acceptors (Lipinski definition) is 3. The van der Waals surface area contributed by atoms with Gasteiger partial charge in [-0.15, -0.1) is 0 Å². The predicted molar refractivity (Wildman–Crippen MR) is 90.9 cm³/mol. The molecule has 0 aromatic carbocycles. The van der Waals surface area contributed by atoms with Gasteiger partial charge in [0.2, 0.25) is 0 Å². The summed E-state index contributed by atoms with van der Waals surface area (Å²) in [6.07, 6.45) is 15.3. The van der Waals surface area contributed by atoms with Crippen molar-refractivity contribution in [3.8, 4) is 0 Å². The summed E-state index contributed by atoms with van der Waals surface area (Å²) in [5.74, 6) is 0.152. The van der Waals surface area contributed by atoms with Crippen molar-refractivity contribution in [1.82, 2.24) is 0 Å². The highest BCUT2D eigenvalue weighted by atomic mass is 16.6. The van der Waals surface area contributed by atoms with Crippen LogP contribution < -0.4 is 0 Å². The minimum atomic E-state index is -0.101. The van der Waals surface area contributed by atoms with E-state index < -0.39 is 0 Å². The number of carbonyl (C=O) groups is 1. The number of ether oxygens (including phenoxy) is 2. The average molecular weight is 312 g/mol. The second kappa shape index (κ2) is 12.9. The molecule has 1 unspecified atom stereocenters. The summed E-state index contributed by atoms with van der Waals surface area (Å²) in [7, 11) is 0. The van der Waals surface area contributed by atoms with E-state index in [4.69, 9.17) is 9.47 Å². The quantitative estimate of drug-likeness (QED) is 0.305. The summed E-state index contributed by atoms with van der Waals surface area (Å²) in [5, 5.41) is 0. The minimum Gasteiger partial charge on any atom is -0.460 e. The van der Waals surface area contributed by atoms with Gasteiger partial charge in [0.25, 0.3) is 0 Å². The van der Waals surface area contributed by atoms with E-state index in [1.807, 2.05) is 6.92 Å². The van der Waals surface area contributed by atoms with Gasteiger partial charge in [-0.05, 0) is 26.2 Å². The first-order chi connectivity index (χ1) is 10.7. The van der Waals surface area contributed by atoms with E-state index in [1.54, 1.807) is 0 Å². The molecule has 1 fully saturated rings. The second-order valence-electron chi connectivity index (χ2n) is 6.78. The van der Waals surface area contributed by atoms with E-state index in [9.17, 15) is 4.79 Å². The van der Waals surface area contributed by atoms with E-state index in [-0.39, 0.29) is 18.0 Å². The number of rotatable bonds is 15. The van der Waals surface area contributed by atoms with Gasteiger partial charge in [-0.3, -0.25) is 4.79 Å². The highest BCUT2D eigenvalue weighted by molar-refractivity contribution is 5.75. The molecule has 0 aromatic heterocycles. The molecule has 0 radical (unpaired) electrons. The molecule has 0 aromatic rings. The molecule has 0 amide bonds. The summed E-state index contributed by atoms with van der Waals surface area (Å²) in [6.45, 7) is 5.51. The number of hydrogen-bond donors (Lipinski definition) is 0. The Balaban J connectivity index is 1.74. The molecule has 1 aliphatic rings. The van der Waals surface area contributed by atoms with Crippen molar-refractivity contribution in [2.75, 3.05) is 13.2 Å². The van der Waals surface area contributed by atoms with Gasteiger partial charge < -0.3 is 9.47 Å². The van der Waals surface area contributed by atoms with Gasteiger partial charge in [0.15, 0.2) is 0 Å². The zero-order valence-corrected chi connectivity index (χ0v) is 14.8. The highest BCUT2D eigenvalue weighted by Crippen LogP contribution is 2.30. The Hall–Kier alpha value is -0.570. The van der Waals surface area contributed by atoms with Crippen LogP contribution in [0.5, 0.6) is 0 Å². The Labute approximate surface area is 137 Å². The standard InChI is InChI=1S/C19H36O3/c1-3-4-5-6-7-8-9-10-11-12-15-21-16-17(2)22-19(20)18-13-14-18/h17-18H,3-16H2,1-2H3. The Kier molecular flexibility index (Phi) is 11.4. The molecule has 130 valence electrons. The van der Waals surface area contributed by atoms with Crippen LogP contribution >= 0.6 is 0 Å². The largest absolute Gasteiger partial charge is 0.460 e. The molecule has 1 rings (SSSR count). The molecule has 3 heteroatoms. The molecule has 1 saturated carbocycles. The Bertz CT molecular complexity index is 274. The zero-order valence-electron chi connectivity index (χ0n) is 14.8. The van der Waals surface area contributed by atoms with Crippen molar-refractivity contribution >= 4 is 5.97 Å². The zero-order chi connectivity index (χ0) is 16.0.